The number of halogens is 1. The van der Waals surface area contributed by atoms with Gasteiger partial charge in [-0.15, -0.1) is 0 Å². The quantitative estimate of drug-likeness (QED) is 0.752. The number of amides is 3. The molecule has 2 fully saturated rings. The predicted octanol–water partition coefficient (Wildman–Crippen LogP) is 3.22. The number of nitrogens with zero attached hydrogens (tertiary/aromatic N) is 2. The molecule has 0 spiro atoms. The van der Waals surface area contributed by atoms with Gasteiger partial charge in [-0.1, -0.05) is 13.8 Å². The van der Waals surface area contributed by atoms with E-state index in [1.807, 2.05) is 18.7 Å². The Morgan fingerprint density at radius 2 is 1.58 bits per heavy atom. The van der Waals surface area contributed by atoms with Gasteiger partial charge in [-0.2, -0.15) is 0 Å². The Balaban J connectivity index is 1.65. The van der Waals surface area contributed by atoms with Crippen LogP contribution in [0.4, 0.5) is 4.39 Å². The number of rotatable bonds is 6. The van der Waals surface area contributed by atoms with Gasteiger partial charge in [0.2, 0.25) is 11.8 Å². The molecule has 31 heavy (non-hydrogen) atoms. The summed E-state index contributed by atoms with van der Waals surface area (Å²) in [4.78, 5) is 42.2. The zero-order valence-corrected chi connectivity index (χ0v) is 18.6. The van der Waals surface area contributed by atoms with Crippen LogP contribution in [0.25, 0.3) is 0 Å². The van der Waals surface area contributed by atoms with Crippen LogP contribution in [0.2, 0.25) is 0 Å². The van der Waals surface area contributed by atoms with Gasteiger partial charge in [0.15, 0.2) is 0 Å². The summed E-state index contributed by atoms with van der Waals surface area (Å²) in [6.45, 7) is 6.51. The molecule has 1 aromatic rings. The number of benzene rings is 1. The van der Waals surface area contributed by atoms with E-state index < -0.39 is 6.04 Å². The zero-order chi connectivity index (χ0) is 22.4. The topological polar surface area (TPSA) is 69.7 Å². The average molecular weight is 432 g/mol. The van der Waals surface area contributed by atoms with Crippen LogP contribution in [0.5, 0.6) is 0 Å². The molecule has 1 atom stereocenters. The number of hydrogen-bond acceptors (Lipinski definition) is 3. The standard InChI is InChI=1S/C24H34FN3O3/c1-17(2)16-21(29)26-22(24(31)27-12-4-3-5-13-27)18-10-14-28(15-11-18)23(30)19-6-8-20(25)9-7-19/h6-9,17-18,22H,3-5,10-16H2,1-2H3,(H,26,29)/t22-/m1/s1. The van der Waals surface area contributed by atoms with Gasteiger partial charge in [0.1, 0.15) is 11.9 Å². The van der Waals surface area contributed by atoms with E-state index in [-0.39, 0.29) is 35.4 Å². The van der Waals surface area contributed by atoms with E-state index in [4.69, 9.17) is 0 Å². The first-order valence-corrected chi connectivity index (χ1v) is 11.5. The molecule has 2 aliphatic rings. The molecule has 0 radical (unpaired) electrons. The van der Waals surface area contributed by atoms with Crippen molar-refractivity contribution in [3.05, 3.63) is 35.6 Å². The molecule has 170 valence electrons. The summed E-state index contributed by atoms with van der Waals surface area (Å²) in [6.07, 6.45) is 4.84. The smallest absolute Gasteiger partial charge is 0.253 e. The van der Waals surface area contributed by atoms with Gasteiger partial charge in [0, 0.05) is 38.2 Å². The van der Waals surface area contributed by atoms with E-state index in [9.17, 15) is 18.8 Å². The lowest BCUT2D eigenvalue weighted by atomic mass is 9.87. The van der Waals surface area contributed by atoms with Crippen molar-refractivity contribution in [3.63, 3.8) is 0 Å². The maximum atomic E-state index is 13.3. The van der Waals surface area contributed by atoms with Crippen LogP contribution >= 0.6 is 0 Å². The second-order valence-electron chi connectivity index (χ2n) is 9.17. The summed E-state index contributed by atoms with van der Waals surface area (Å²) in [5.74, 6) is -0.341. The van der Waals surface area contributed by atoms with Crippen molar-refractivity contribution in [2.75, 3.05) is 26.2 Å². The first kappa shape index (κ1) is 23.2. The molecular formula is C24H34FN3O3. The van der Waals surface area contributed by atoms with E-state index in [2.05, 4.69) is 5.32 Å². The summed E-state index contributed by atoms with van der Waals surface area (Å²) in [5.41, 5.74) is 0.464. The molecule has 1 N–H and O–H groups in total. The summed E-state index contributed by atoms with van der Waals surface area (Å²) >= 11 is 0. The van der Waals surface area contributed by atoms with Crippen LogP contribution in [0.1, 0.15) is 62.7 Å². The van der Waals surface area contributed by atoms with E-state index in [1.54, 1.807) is 4.90 Å². The Morgan fingerprint density at radius 1 is 0.968 bits per heavy atom. The molecule has 2 aliphatic heterocycles. The zero-order valence-electron chi connectivity index (χ0n) is 18.6. The Morgan fingerprint density at radius 3 is 2.16 bits per heavy atom. The van der Waals surface area contributed by atoms with Crippen molar-refractivity contribution in [2.24, 2.45) is 11.8 Å². The van der Waals surface area contributed by atoms with Crippen LogP contribution in [0.3, 0.4) is 0 Å². The van der Waals surface area contributed by atoms with E-state index >= 15 is 0 Å². The first-order valence-electron chi connectivity index (χ1n) is 11.5. The number of piperidine rings is 2. The van der Waals surface area contributed by atoms with Crippen molar-refractivity contribution >= 4 is 17.7 Å². The Kier molecular flexibility index (Phi) is 8.04. The molecule has 0 aromatic heterocycles. The van der Waals surface area contributed by atoms with Gasteiger partial charge < -0.3 is 15.1 Å². The van der Waals surface area contributed by atoms with Crippen molar-refractivity contribution in [1.29, 1.82) is 0 Å². The monoisotopic (exact) mass is 431 g/mol. The highest BCUT2D eigenvalue weighted by atomic mass is 19.1. The number of likely N-dealkylation sites (tertiary alicyclic amines) is 2. The van der Waals surface area contributed by atoms with Crippen molar-refractivity contribution in [3.8, 4) is 0 Å². The van der Waals surface area contributed by atoms with Crippen LogP contribution in [-0.2, 0) is 9.59 Å². The van der Waals surface area contributed by atoms with Crippen LogP contribution < -0.4 is 5.32 Å². The van der Waals surface area contributed by atoms with Gasteiger partial charge in [0.05, 0.1) is 0 Å². The van der Waals surface area contributed by atoms with Gasteiger partial charge in [0.25, 0.3) is 5.91 Å². The average Bonchev–Trinajstić information content (AvgIpc) is 2.77. The third-order valence-electron chi connectivity index (χ3n) is 6.23. The lowest BCUT2D eigenvalue weighted by Crippen LogP contribution is -2.55. The fraction of sp³-hybridized carbons (Fsp3) is 0.625. The number of hydrogen-bond donors (Lipinski definition) is 1. The van der Waals surface area contributed by atoms with Gasteiger partial charge >= 0.3 is 0 Å². The number of carbonyl (C=O) groups is 3. The third kappa shape index (κ3) is 6.28. The van der Waals surface area contributed by atoms with Crippen LogP contribution in [0.15, 0.2) is 24.3 Å². The van der Waals surface area contributed by atoms with Gasteiger partial charge in [-0.25, -0.2) is 4.39 Å². The molecule has 3 rings (SSSR count). The predicted molar refractivity (Wildman–Crippen MR) is 117 cm³/mol. The third-order valence-corrected chi connectivity index (χ3v) is 6.23. The second-order valence-corrected chi connectivity index (χ2v) is 9.17. The van der Waals surface area contributed by atoms with Crippen molar-refractivity contribution in [2.45, 2.75) is 58.4 Å². The fourth-order valence-corrected chi connectivity index (χ4v) is 4.51. The molecule has 7 heteroatoms. The van der Waals surface area contributed by atoms with Crippen LogP contribution in [0, 0.1) is 17.7 Å². The molecule has 1 aromatic carbocycles. The summed E-state index contributed by atoms with van der Waals surface area (Å²) in [5, 5.41) is 3.02. The molecular weight excluding hydrogens is 397 g/mol. The molecule has 0 saturated carbocycles. The van der Waals surface area contributed by atoms with E-state index in [0.29, 0.717) is 37.9 Å². The van der Waals surface area contributed by atoms with E-state index in [1.165, 1.54) is 24.3 Å². The fourth-order valence-electron chi connectivity index (χ4n) is 4.51. The summed E-state index contributed by atoms with van der Waals surface area (Å²) in [6, 6.07) is 5.04. The van der Waals surface area contributed by atoms with E-state index in [0.717, 1.165) is 32.4 Å². The lowest BCUT2D eigenvalue weighted by molar-refractivity contribution is -0.139. The molecule has 0 unspecified atom stereocenters. The minimum atomic E-state index is -0.535. The highest BCUT2D eigenvalue weighted by molar-refractivity contribution is 5.94. The maximum Gasteiger partial charge on any atom is 0.253 e. The van der Waals surface area contributed by atoms with Crippen molar-refractivity contribution in [1.82, 2.24) is 15.1 Å². The second kappa shape index (κ2) is 10.7. The highest BCUT2D eigenvalue weighted by Crippen LogP contribution is 2.25. The highest BCUT2D eigenvalue weighted by Gasteiger charge is 2.36. The molecule has 3 amide bonds. The van der Waals surface area contributed by atoms with Gasteiger partial charge in [-0.05, 0) is 68.2 Å². The molecule has 0 aliphatic carbocycles. The van der Waals surface area contributed by atoms with Crippen molar-refractivity contribution < 1.29 is 18.8 Å². The largest absolute Gasteiger partial charge is 0.344 e. The Labute approximate surface area is 184 Å². The molecule has 6 nitrogen and oxygen atoms in total. The molecule has 0 bridgehead atoms. The normalized spacial score (nSPS) is 18.7. The SMILES string of the molecule is CC(C)CC(=O)N[C@@H](C(=O)N1CCCCC1)C1CCN(C(=O)c2ccc(F)cc2)CC1. The molecule has 2 heterocycles. The Bertz CT molecular complexity index is 767. The minimum absolute atomic E-state index is 0.00260. The Hall–Kier alpha value is -2.44. The van der Waals surface area contributed by atoms with Crippen LogP contribution in [-0.4, -0.2) is 59.7 Å². The number of nitrogens with one attached hydrogen (secondary N) is 1. The van der Waals surface area contributed by atoms with Gasteiger partial charge in [-0.3, -0.25) is 14.4 Å². The number of carbonyl (C=O) groups excluding carboxylic acids is 3. The summed E-state index contributed by atoms with van der Waals surface area (Å²) < 4.78 is 13.1. The molecule has 2 saturated heterocycles. The first-order chi connectivity index (χ1) is 14.8. The maximum absolute atomic E-state index is 13.3. The minimum Gasteiger partial charge on any atom is -0.344 e. The lowest BCUT2D eigenvalue weighted by Gasteiger charge is -2.38. The summed E-state index contributed by atoms with van der Waals surface area (Å²) in [7, 11) is 0.